The average Bonchev–Trinajstić information content (AvgIpc) is 2.84. The van der Waals surface area contributed by atoms with E-state index in [0.717, 1.165) is 11.1 Å². The van der Waals surface area contributed by atoms with Crippen LogP contribution < -0.4 is 5.32 Å². The molecule has 1 heterocycles. The maximum absolute atomic E-state index is 12.7. The summed E-state index contributed by atoms with van der Waals surface area (Å²) in [4.78, 5) is 17.1. The van der Waals surface area contributed by atoms with Crippen LogP contribution in [0.5, 0.6) is 0 Å². The molecule has 1 atom stereocenters. The van der Waals surface area contributed by atoms with Crippen LogP contribution in [0.25, 0.3) is 0 Å². The highest BCUT2D eigenvalue weighted by Gasteiger charge is 2.22. The lowest BCUT2D eigenvalue weighted by molar-refractivity contribution is -0.119. The second-order valence-electron chi connectivity index (χ2n) is 7.43. The Labute approximate surface area is 200 Å². The molecule has 3 aromatic rings. The lowest BCUT2D eigenvalue weighted by Gasteiger charge is -2.19. The average molecular weight is 484 g/mol. The number of hydrogen-bond donors (Lipinski definition) is 1. The van der Waals surface area contributed by atoms with Gasteiger partial charge in [-0.15, -0.1) is 0 Å². The number of benzene rings is 2. The number of hydrogen-bond acceptors (Lipinski definition) is 5. The maximum atomic E-state index is 12.7. The summed E-state index contributed by atoms with van der Waals surface area (Å²) in [5.74, 6) is 0.0826. The molecule has 8 heteroatoms. The zero-order chi connectivity index (χ0) is 23.7. The normalized spacial score (nSPS) is 12.5. The van der Waals surface area contributed by atoms with Crippen molar-refractivity contribution in [2.24, 2.45) is 0 Å². The minimum atomic E-state index is -3.54. The Hall–Kier alpha value is -2.68. The number of carbonyl (C=O) groups is 1. The third kappa shape index (κ3) is 6.90. The Morgan fingerprint density at radius 2 is 1.61 bits per heavy atom. The van der Waals surface area contributed by atoms with Gasteiger partial charge in [0.15, 0.2) is 0 Å². The molecule has 1 aromatic heterocycles. The van der Waals surface area contributed by atoms with Gasteiger partial charge >= 0.3 is 0 Å². The zero-order valence-corrected chi connectivity index (χ0v) is 20.5. The van der Waals surface area contributed by atoms with Crippen molar-refractivity contribution in [2.45, 2.75) is 36.2 Å². The number of amides is 1. The Kier molecular flexibility index (Phi) is 9.05. The third-order valence-electron chi connectivity index (χ3n) is 5.22. The smallest absolute Gasteiger partial charge is 0.244 e. The first kappa shape index (κ1) is 25.0. The zero-order valence-electron chi connectivity index (χ0n) is 18.8. The van der Waals surface area contributed by atoms with Gasteiger partial charge in [0.2, 0.25) is 15.9 Å². The van der Waals surface area contributed by atoms with E-state index in [0.29, 0.717) is 24.5 Å². The molecule has 33 heavy (non-hydrogen) atoms. The quantitative estimate of drug-likeness (QED) is 0.411. The second kappa shape index (κ2) is 12.0. The van der Waals surface area contributed by atoms with E-state index in [1.165, 1.54) is 22.3 Å². The van der Waals surface area contributed by atoms with Gasteiger partial charge in [-0.25, -0.2) is 13.4 Å². The molecule has 174 valence electrons. The van der Waals surface area contributed by atoms with E-state index in [-0.39, 0.29) is 22.6 Å². The van der Waals surface area contributed by atoms with Crippen LogP contribution in [0.15, 0.2) is 88.9 Å². The van der Waals surface area contributed by atoms with E-state index in [4.69, 9.17) is 0 Å². The number of thioether (sulfide) groups is 1. The van der Waals surface area contributed by atoms with Crippen LogP contribution in [0.4, 0.5) is 0 Å². The molecule has 0 radical (unpaired) electrons. The fourth-order valence-electron chi connectivity index (χ4n) is 3.48. The molecule has 0 bridgehead atoms. The van der Waals surface area contributed by atoms with Crippen LogP contribution in [0.2, 0.25) is 0 Å². The SMILES string of the molecule is CCN(CC)S(=O)(=O)c1ccc(SCC(=O)NC(Cc2ccccc2)c2ccccc2)nc1. The molecule has 0 aliphatic heterocycles. The first-order valence-corrected chi connectivity index (χ1v) is 13.3. The fourth-order valence-corrected chi connectivity index (χ4v) is 5.54. The highest BCUT2D eigenvalue weighted by atomic mass is 32.2. The van der Waals surface area contributed by atoms with Gasteiger partial charge in [-0.3, -0.25) is 4.79 Å². The standard InChI is InChI=1S/C25H29N3O3S2/c1-3-28(4-2)33(30,31)22-15-16-25(26-18-22)32-19-24(29)27-23(21-13-9-6-10-14-21)17-20-11-7-5-8-12-20/h5-16,18,23H,3-4,17,19H2,1-2H3,(H,27,29). The topological polar surface area (TPSA) is 79.4 Å². The van der Waals surface area contributed by atoms with Crippen LogP contribution in [0, 0.1) is 0 Å². The molecule has 0 saturated heterocycles. The molecule has 1 unspecified atom stereocenters. The molecular weight excluding hydrogens is 454 g/mol. The van der Waals surface area contributed by atoms with Crippen LogP contribution >= 0.6 is 11.8 Å². The number of sulfonamides is 1. The molecule has 1 amide bonds. The molecule has 2 aromatic carbocycles. The molecule has 6 nitrogen and oxygen atoms in total. The Balaban J connectivity index is 1.63. The predicted molar refractivity (Wildman–Crippen MR) is 133 cm³/mol. The van der Waals surface area contributed by atoms with Crippen LogP contribution in [0.3, 0.4) is 0 Å². The van der Waals surface area contributed by atoms with E-state index >= 15 is 0 Å². The van der Waals surface area contributed by atoms with Crippen molar-refractivity contribution in [3.8, 4) is 0 Å². The van der Waals surface area contributed by atoms with Crippen molar-refractivity contribution < 1.29 is 13.2 Å². The van der Waals surface area contributed by atoms with E-state index in [9.17, 15) is 13.2 Å². The van der Waals surface area contributed by atoms with Gasteiger partial charge in [0.25, 0.3) is 0 Å². The lowest BCUT2D eigenvalue weighted by Crippen LogP contribution is -2.31. The number of pyridine rings is 1. The van der Waals surface area contributed by atoms with Crippen LogP contribution in [-0.2, 0) is 21.2 Å². The van der Waals surface area contributed by atoms with Crippen LogP contribution in [-0.4, -0.2) is 42.5 Å². The van der Waals surface area contributed by atoms with Crippen molar-refractivity contribution in [3.05, 3.63) is 90.1 Å². The highest BCUT2D eigenvalue weighted by molar-refractivity contribution is 7.99. The summed E-state index contributed by atoms with van der Waals surface area (Å²) in [6.07, 6.45) is 2.05. The minimum Gasteiger partial charge on any atom is -0.348 e. The third-order valence-corrected chi connectivity index (χ3v) is 8.20. The Morgan fingerprint density at radius 1 is 0.970 bits per heavy atom. The summed E-state index contributed by atoms with van der Waals surface area (Å²) in [5, 5.41) is 3.73. The van der Waals surface area contributed by atoms with Gasteiger partial charge < -0.3 is 5.32 Å². The molecule has 3 rings (SSSR count). The summed E-state index contributed by atoms with van der Waals surface area (Å²) in [5.41, 5.74) is 2.19. The van der Waals surface area contributed by atoms with Crippen molar-refractivity contribution in [1.29, 1.82) is 0 Å². The van der Waals surface area contributed by atoms with Crippen molar-refractivity contribution >= 4 is 27.7 Å². The molecule has 0 fully saturated rings. The Bertz CT molecular complexity index is 1120. The first-order chi connectivity index (χ1) is 15.9. The summed E-state index contributed by atoms with van der Waals surface area (Å²) in [7, 11) is -3.54. The van der Waals surface area contributed by atoms with Gasteiger partial charge in [-0.2, -0.15) is 4.31 Å². The number of aromatic nitrogens is 1. The van der Waals surface area contributed by atoms with Gasteiger partial charge in [0.1, 0.15) is 4.90 Å². The molecule has 0 spiro atoms. The monoisotopic (exact) mass is 483 g/mol. The molecule has 0 aliphatic rings. The minimum absolute atomic E-state index is 0.105. The fraction of sp³-hybridized carbons (Fsp3) is 0.280. The largest absolute Gasteiger partial charge is 0.348 e. The number of rotatable bonds is 11. The molecule has 0 aliphatic carbocycles. The second-order valence-corrected chi connectivity index (χ2v) is 10.4. The van der Waals surface area contributed by atoms with E-state index in [2.05, 4.69) is 22.4 Å². The van der Waals surface area contributed by atoms with Gasteiger partial charge in [0, 0.05) is 19.3 Å². The van der Waals surface area contributed by atoms with E-state index in [1.807, 2.05) is 48.5 Å². The van der Waals surface area contributed by atoms with E-state index < -0.39 is 10.0 Å². The number of nitrogens with one attached hydrogen (secondary N) is 1. The Morgan fingerprint density at radius 3 is 2.18 bits per heavy atom. The first-order valence-electron chi connectivity index (χ1n) is 10.9. The summed E-state index contributed by atoms with van der Waals surface area (Å²) < 4.78 is 26.6. The summed E-state index contributed by atoms with van der Waals surface area (Å²) in [6.45, 7) is 4.41. The van der Waals surface area contributed by atoms with Gasteiger partial charge in [-0.1, -0.05) is 86.3 Å². The maximum Gasteiger partial charge on any atom is 0.244 e. The molecule has 0 saturated carbocycles. The predicted octanol–water partition coefficient (Wildman–Crippen LogP) is 4.30. The van der Waals surface area contributed by atoms with Gasteiger partial charge in [-0.05, 0) is 29.7 Å². The van der Waals surface area contributed by atoms with Gasteiger partial charge in [0.05, 0.1) is 16.8 Å². The van der Waals surface area contributed by atoms with Crippen molar-refractivity contribution in [2.75, 3.05) is 18.8 Å². The van der Waals surface area contributed by atoms with Crippen molar-refractivity contribution in [3.63, 3.8) is 0 Å². The number of carbonyl (C=O) groups excluding carboxylic acids is 1. The molecular formula is C25H29N3O3S2. The number of nitrogens with zero attached hydrogens (tertiary/aromatic N) is 2. The summed E-state index contributed by atoms with van der Waals surface area (Å²) >= 11 is 1.28. The van der Waals surface area contributed by atoms with Crippen LogP contribution in [0.1, 0.15) is 31.0 Å². The highest BCUT2D eigenvalue weighted by Crippen LogP contribution is 2.21. The molecule has 1 N–H and O–H groups in total. The van der Waals surface area contributed by atoms with Crippen molar-refractivity contribution in [1.82, 2.24) is 14.6 Å². The summed E-state index contributed by atoms with van der Waals surface area (Å²) in [6, 6.07) is 23.0. The lowest BCUT2D eigenvalue weighted by atomic mass is 9.99. The van der Waals surface area contributed by atoms with E-state index in [1.54, 1.807) is 26.0 Å².